The van der Waals surface area contributed by atoms with Gasteiger partial charge in [-0.2, -0.15) is 5.10 Å². The zero-order valence-corrected chi connectivity index (χ0v) is 16.7. The van der Waals surface area contributed by atoms with E-state index in [-0.39, 0.29) is 11.9 Å². The molecule has 4 rings (SSSR count). The Labute approximate surface area is 168 Å². The number of hydrazone groups is 1. The Hall–Kier alpha value is -2.92. The average Bonchev–Trinajstić information content (AvgIpc) is 3.12. The van der Waals surface area contributed by atoms with Crippen molar-refractivity contribution in [3.63, 3.8) is 0 Å². The van der Waals surface area contributed by atoms with E-state index in [4.69, 9.17) is 16.3 Å². The van der Waals surface area contributed by atoms with Gasteiger partial charge in [0.05, 0.1) is 18.9 Å². The molecule has 5 nitrogen and oxygen atoms in total. The van der Waals surface area contributed by atoms with Crippen LogP contribution in [0.1, 0.15) is 36.1 Å². The highest BCUT2D eigenvalue weighted by atomic mass is 35.5. The van der Waals surface area contributed by atoms with Crippen LogP contribution in [0.25, 0.3) is 10.9 Å². The van der Waals surface area contributed by atoms with E-state index in [9.17, 15) is 4.79 Å². The number of amides is 1. The summed E-state index contributed by atoms with van der Waals surface area (Å²) in [4.78, 5) is 16.8. The Morgan fingerprint density at radius 2 is 2.00 bits per heavy atom. The Morgan fingerprint density at radius 1 is 1.21 bits per heavy atom. The molecule has 1 aliphatic heterocycles. The maximum Gasteiger partial charge on any atom is 0.240 e. The van der Waals surface area contributed by atoms with Crippen LogP contribution in [0.2, 0.25) is 5.15 Å². The standard InChI is InChI=1S/C22H20ClN3O2/c1-13-6-4-7-15(10-13)18-12-19(26(25-18)14(2)27)17-11-16-8-5-9-20(28-3)21(16)24-22(17)23/h4-11,19H,12H2,1-3H3. The Kier molecular flexibility index (Phi) is 4.77. The molecule has 6 heteroatoms. The number of nitrogens with zero attached hydrogens (tertiary/aromatic N) is 3. The van der Waals surface area contributed by atoms with E-state index < -0.39 is 0 Å². The number of hydrogen-bond acceptors (Lipinski definition) is 4. The Morgan fingerprint density at radius 3 is 2.71 bits per heavy atom. The molecule has 28 heavy (non-hydrogen) atoms. The molecular formula is C22H20ClN3O2. The molecule has 0 aliphatic carbocycles. The molecule has 0 spiro atoms. The number of carbonyl (C=O) groups is 1. The van der Waals surface area contributed by atoms with Crippen LogP contribution in [-0.2, 0) is 4.79 Å². The van der Waals surface area contributed by atoms with Crippen LogP contribution in [0.3, 0.4) is 0 Å². The predicted molar refractivity (Wildman–Crippen MR) is 111 cm³/mol. The van der Waals surface area contributed by atoms with Crippen LogP contribution in [0.4, 0.5) is 0 Å². The van der Waals surface area contributed by atoms with E-state index >= 15 is 0 Å². The van der Waals surface area contributed by atoms with Gasteiger partial charge in [-0.25, -0.2) is 9.99 Å². The molecule has 1 atom stereocenters. The molecule has 0 radical (unpaired) electrons. The van der Waals surface area contributed by atoms with Crippen molar-refractivity contribution in [1.29, 1.82) is 0 Å². The molecule has 0 bridgehead atoms. The molecule has 142 valence electrons. The molecule has 0 saturated carbocycles. The Bertz CT molecular complexity index is 1110. The highest BCUT2D eigenvalue weighted by Crippen LogP contribution is 2.38. The third-order valence-electron chi connectivity index (χ3n) is 4.95. The summed E-state index contributed by atoms with van der Waals surface area (Å²) in [6.07, 6.45) is 0.583. The van der Waals surface area contributed by atoms with E-state index in [1.54, 1.807) is 7.11 Å². The quantitative estimate of drug-likeness (QED) is 0.594. The summed E-state index contributed by atoms with van der Waals surface area (Å²) >= 11 is 6.55. The number of aryl methyl sites for hydroxylation is 1. The zero-order chi connectivity index (χ0) is 19.8. The molecule has 1 amide bonds. The number of pyridine rings is 1. The number of halogens is 1. The topological polar surface area (TPSA) is 54.8 Å². The lowest BCUT2D eigenvalue weighted by Crippen LogP contribution is -2.24. The number of benzene rings is 2. The number of aromatic nitrogens is 1. The van der Waals surface area contributed by atoms with Crippen LogP contribution in [0.15, 0.2) is 53.6 Å². The molecule has 1 aliphatic rings. The lowest BCUT2D eigenvalue weighted by molar-refractivity contribution is -0.130. The van der Waals surface area contributed by atoms with Gasteiger partial charge in [0.1, 0.15) is 16.4 Å². The number of carbonyl (C=O) groups excluding carboxylic acids is 1. The number of para-hydroxylation sites is 1. The fraction of sp³-hybridized carbons (Fsp3) is 0.227. The number of hydrogen-bond donors (Lipinski definition) is 0. The zero-order valence-electron chi connectivity index (χ0n) is 15.9. The summed E-state index contributed by atoms with van der Waals surface area (Å²) < 4.78 is 5.38. The van der Waals surface area contributed by atoms with Gasteiger partial charge in [-0.05, 0) is 24.6 Å². The van der Waals surface area contributed by atoms with Gasteiger partial charge in [0.15, 0.2) is 0 Å². The minimum Gasteiger partial charge on any atom is -0.494 e. The normalized spacial score (nSPS) is 16.4. The number of rotatable bonds is 3. The fourth-order valence-corrected chi connectivity index (χ4v) is 3.87. The first-order valence-electron chi connectivity index (χ1n) is 9.05. The van der Waals surface area contributed by atoms with Gasteiger partial charge in [0, 0.05) is 24.3 Å². The van der Waals surface area contributed by atoms with Crippen LogP contribution in [-0.4, -0.2) is 28.7 Å². The molecule has 0 saturated heterocycles. The van der Waals surface area contributed by atoms with Gasteiger partial charge in [0.2, 0.25) is 5.91 Å². The molecule has 1 aromatic heterocycles. The van der Waals surface area contributed by atoms with E-state index in [2.05, 4.69) is 16.2 Å². The van der Waals surface area contributed by atoms with Crippen LogP contribution < -0.4 is 4.74 Å². The highest BCUT2D eigenvalue weighted by Gasteiger charge is 2.33. The summed E-state index contributed by atoms with van der Waals surface area (Å²) in [6, 6.07) is 15.5. The van der Waals surface area contributed by atoms with Crippen molar-refractivity contribution < 1.29 is 9.53 Å². The maximum atomic E-state index is 12.3. The molecule has 3 aromatic rings. The van der Waals surface area contributed by atoms with E-state index in [1.807, 2.05) is 49.4 Å². The molecule has 0 fully saturated rings. The van der Waals surface area contributed by atoms with Crippen molar-refractivity contribution in [2.24, 2.45) is 5.10 Å². The summed E-state index contributed by atoms with van der Waals surface area (Å²) in [5.41, 5.74) is 4.51. The summed E-state index contributed by atoms with van der Waals surface area (Å²) in [6.45, 7) is 3.55. The first-order valence-corrected chi connectivity index (χ1v) is 9.43. The van der Waals surface area contributed by atoms with E-state index in [0.29, 0.717) is 22.8 Å². The maximum absolute atomic E-state index is 12.3. The molecule has 2 aromatic carbocycles. The first-order chi connectivity index (χ1) is 13.5. The first kappa shape index (κ1) is 18.4. The SMILES string of the molecule is COc1cccc2cc(C3CC(c4cccc(C)c4)=NN3C(C)=O)c(Cl)nc12. The second kappa shape index (κ2) is 7.24. The summed E-state index contributed by atoms with van der Waals surface area (Å²) in [5.74, 6) is 0.534. The van der Waals surface area contributed by atoms with Gasteiger partial charge < -0.3 is 4.74 Å². The lowest BCUT2D eigenvalue weighted by Gasteiger charge is -2.21. The van der Waals surface area contributed by atoms with Crippen LogP contribution >= 0.6 is 11.6 Å². The smallest absolute Gasteiger partial charge is 0.240 e. The van der Waals surface area contributed by atoms with Crippen molar-refractivity contribution >= 4 is 34.1 Å². The minimum atomic E-state index is -0.288. The predicted octanol–water partition coefficient (Wildman–Crippen LogP) is 4.90. The Balaban J connectivity index is 1.78. The van der Waals surface area contributed by atoms with Crippen molar-refractivity contribution in [3.05, 3.63) is 70.4 Å². The monoisotopic (exact) mass is 393 g/mol. The second-order valence-electron chi connectivity index (χ2n) is 6.90. The van der Waals surface area contributed by atoms with Gasteiger partial charge in [0.25, 0.3) is 0 Å². The summed E-state index contributed by atoms with van der Waals surface area (Å²) in [5, 5.41) is 7.37. The average molecular weight is 394 g/mol. The number of fused-ring (bicyclic) bond motifs is 1. The van der Waals surface area contributed by atoms with Gasteiger partial charge in [-0.15, -0.1) is 0 Å². The van der Waals surface area contributed by atoms with Gasteiger partial charge in [-0.1, -0.05) is 53.6 Å². The molecule has 1 unspecified atom stereocenters. The largest absolute Gasteiger partial charge is 0.494 e. The van der Waals surface area contributed by atoms with Crippen molar-refractivity contribution in [1.82, 2.24) is 9.99 Å². The molecule has 0 N–H and O–H groups in total. The van der Waals surface area contributed by atoms with Crippen molar-refractivity contribution in [3.8, 4) is 5.75 Å². The van der Waals surface area contributed by atoms with Gasteiger partial charge >= 0.3 is 0 Å². The molecular weight excluding hydrogens is 374 g/mol. The lowest BCUT2D eigenvalue weighted by atomic mass is 9.97. The fourth-order valence-electron chi connectivity index (χ4n) is 3.61. The van der Waals surface area contributed by atoms with E-state index in [1.165, 1.54) is 11.9 Å². The van der Waals surface area contributed by atoms with E-state index in [0.717, 1.165) is 27.8 Å². The van der Waals surface area contributed by atoms with Crippen molar-refractivity contribution in [2.75, 3.05) is 7.11 Å². The minimum absolute atomic E-state index is 0.130. The summed E-state index contributed by atoms with van der Waals surface area (Å²) in [7, 11) is 1.61. The van der Waals surface area contributed by atoms with Crippen LogP contribution in [0, 0.1) is 6.92 Å². The van der Waals surface area contributed by atoms with Gasteiger partial charge in [-0.3, -0.25) is 4.79 Å². The van der Waals surface area contributed by atoms with Crippen LogP contribution in [0.5, 0.6) is 5.75 Å². The third-order valence-corrected chi connectivity index (χ3v) is 5.26. The number of methoxy groups -OCH3 is 1. The molecule has 2 heterocycles. The highest BCUT2D eigenvalue weighted by molar-refractivity contribution is 6.30. The third kappa shape index (κ3) is 3.22. The number of ether oxygens (including phenoxy) is 1. The second-order valence-corrected chi connectivity index (χ2v) is 7.26. The van der Waals surface area contributed by atoms with Crippen molar-refractivity contribution in [2.45, 2.75) is 26.3 Å².